The summed E-state index contributed by atoms with van der Waals surface area (Å²) in [6, 6.07) is 0. The molecule has 4 fully saturated rings. The number of unbranched alkanes of at least 4 members (excludes halogenated alkanes) is 1. The summed E-state index contributed by atoms with van der Waals surface area (Å²) in [7, 11) is 1.48. The zero-order valence-corrected chi connectivity index (χ0v) is 23.4. The Hall–Kier alpha value is -1.13. The first-order valence-electron chi connectivity index (χ1n) is 15.0. The summed E-state index contributed by atoms with van der Waals surface area (Å²) in [5.41, 5.74) is 4.08. The number of hydrogen-bond acceptors (Lipinski definition) is 4. The summed E-state index contributed by atoms with van der Waals surface area (Å²) in [4.78, 5) is 11.5. The van der Waals surface area contributed by atoms with Gasteiger partial charge in [0.2, 0.25) is 0 Å². The Morgan fingerprint density at radius 1 is 1.11 bits per heavy atom. The molecule has 1 aliphatic heterocycles. The van der Waals surface area contributed by atoms with Crippen LogP contribution in [0.2, 0.25) is 0 Å². The van der Waals surface area contributed by atoms with Crippen molar-refractivity contribution in [3.63, 3.8) is 0 Å². The van der Waals surface area contributed by atoms with Gasteiger partial charge in [-0.15, -0.1) is 0 Å². The van der Waals surface area contributed by atoms with Gasteiger partial charge in [0.15, 0.2) is 6.29 Å². The molecule has 0 N–H and O–H groups in total. The molecule has 202 valence electrons. The molecular weight excluding hydrogens is 448 g/mol. The summed E-state index contributed by atoms with van der Waals surface area (Å²) < 4.78 is 17.2. The third-order valence-corrected chi connectivity index (χ3v) is 11.4. The van der Waals surface area contributed by atoms with Gasteiger partial charge in [-0.2, -0.15) is 0 Å². The quantitative estimate of drug-likeness (QED) is 0.204. The highest BCUT2D eigenvalue weighted by molar-refractivity contribution is 5.69. The molecule has 0 aromatic heterocycles. The second-order valence-electron chi connectivity index (χ2n) is 13.1. The van der Waals surface area contributed by atoms with E-state index in [2.05, 4.69) is 32.9 Å². The maximum Gasteiger partial charge on any atom is 0.305 e. The van der Waals surface area contributed by atoms with Gasteiger partial charge in [-0.3, -0.25) is 4.79 Å². The van der Waals surface area contributed by atoms with Gasteiger partial charge in [0.1, 0.15) is 0 Å². The molecule has 4 nitrogen and oxygen atoms in total. The number of rotatable bonds is 7. The highest BCUT2D eigenvalue weighted by Crippen LogP contribution is 2.67. The fourth-order valence-corrected chi connectivity index (χ4v) is 9.35. The van der Waals surface area contributed by atoms with Crippen LogP contribution in [0.3, 0.4) is 0 Å². The van der Waals surface area contributed by atoms with Gasteiger partial charge in [-0.1, -0.05) is 37.1 Å². The van der Waals surface area contributed by atoms with Crippen molar-refractivity contribution in [2.24, 2.45) is 34.5 Å². The Balaban J connectivity index is 1.23. The zero-order valence-electron chi connectivity index (χ0n) is 23.4. The monoisotopic (exact) mass is 498 g/mol. The van der Waals surface area contributed by atoms with E-state index in [1.165, 1.54) is 64.9 Å². The molecule has 1 heterocycles. The van der Waals surface area contributed by atoms with Crippen molar-refractivity contribution in [1.29, 1.82) is 0 Å². The van der Waals surface area contributed by atoms with Crippen LogP contribution in [-0.2, 0) is 19.0 Å². The Bertz CT molecular complexity index is 854. The highest BCUT2D eigenvalue weighted by Gasteiger charge is 2.58. The fraction of sp³-hybridized carbons (Fsp3) is 0.844. The smallest absolute Gasteiger partial charge is 0.305 e. The summed E-state index contributed by atoms with van der Waals surface area (Å²) >= 11 is 0. The zero-order chi connectivity index (χ0) is 25.3. The summed E-state index contributed by atoms with van der Waals surface area (Å²) in [6.45, 7) is 8.45. The molecule has 0 aromatic carbocycles. The topological polar surface area (TPSA) is 44.8 Å². The van der Waals surface area contributed by atoms with Gasteiger partial charge in [-0.05, 0) is 125 Å². The van der Waals surface area contributed by atoms with E-state index in [1.54, 1.807) is 11.1 Å². The molecule has 5 rings (SSSR count). The largest absolute Gasteiger partial charge is 0.469 e. The van der Waals surface area contributed by atoms with Gasteiger partial charge in [-0.25, -0.2) is 0 Å². The first-order chi connectivity index (χ1) is 17.3. The van der Waals surface area contributed by atoms with Crippen LogP contribution >= 0.6 is 0 Å². The number of carbonyl (C=O) groups is 1. The maximum atomic E-state index is 11.5. The lowest BCUT2D eigenvalue weighted by Gasteiger charge is -2.58. The van der Waals surface area contributed by atoms with Crippen LogP contribution in [-0.4, -0.2) is 32.1 Å². The fourth-order valence-electron chi connectivity index (χ4n) is 9.35. The molecule has 1 saturated heterocycles. The van der Waals surface area contributed by atoms with Crippen molar-refractivity contribution < 1.29 is 19.0 Å². The first kappa shape index (κ1) is 26.5. The number of carbonyl (C=O) groups excluding carboxylic acids is 1. The number of allylic oxidation sites excluding steroid dienone is 3. The van der Waals surface area contributed by atoms with Crippen LogP contribution in [0.5, 0.6) is 0 Å². The van der Waals surface area contributed by atoms with Crippen LogP contribution in [0.1, 0.15) is 111 Å². The molecule has 0 bridgehead atoms. The number of esters is 1. The predicted octanol–water partition coefficient (Wildman–Crippen LogP) is 7.77. The lowest BCUT2D eigenvalue weighted by atomic mass is 9.47. The highest BCUT2D eigenvalue weighted by atomic mass is 16.7. The molecule has 1 unspecified atom stereocenters. The molecule has 0 amide bonds. The lowest BCUT2D eigenvalue weighted by Crippen LogP contribution is -2.50. The lowest BCUT2D eigenvalue weighted by molar-refractivity contribution is -0.195. The average molecular weight is 499 g/mol. The minimum atomic E-state index is -0.0894. The summed E-state index contributed by atoms with van der Waals surface area (Å²) in [5.74, 6) is 3.14. The van der Waals surface area contributed by atoms with Crippen LogP contribution in [0, 0.1) is 34.5 Å². The molecule has 3 saturated carbocycles. The van der Waals surface area contributed by atoms with Crippen LogP contribution in [0.25, 0.3) is 0 Å². The van der Waals surface area contributed by atoms with E-state index >= 15 is 0 Å². The predicted molar refractivity (Wildman–Crippen MR) is 143 cm³/mol. The molecule has 4 aliphatic carbocycles. The molecule has 8 atom stereocenters. The second kappa shape index (κ2) is 10.9. The van der Waals surface area contributed by atoms with Crippen molar-refractivity contribution in [1.82, 2.24) is 0 Å². The van der Waals surface area contributed by atoms with Gasteiger partial charge in [0, 0.05) is 13.0 Å². The van der Waals surface area contributed by atoms with Gasteiger partial charge < -0.3 is 14.2 Å². The van der Waals surface area contributed by atoms with E-state index in [9.17, 15) is 4.79 Å². The number of ether oxygens (including phenoxy) is 3. The van der Waals surface area contributed by atoms with Crippen molar-refractivity contribution in [3.8, 4) is 0 Å². The Morgan fingerprint density at radius 3 is 2.75 bits per heavy atom. The van der Waals surface area contributed by atoms with E-state index in [-0.39, 0.29) is 12.3 Å². The van der Waals surface area contributed by atoms with E-state index in [0.29, 0.717) is 29.3 Å². The number of methoxy groups -OCH3 is 1. The van der Waals surface area contributed by atoms with E-state index in [1.807, 2.05) is 0 Å². The van der Waals surface area contributed by atoms with Gasteiger partial charge in [0.25, 0.3) is 0 Å². The number of fused-ring (bicyclic) bond motifs is 5. The van der Waals surface area contributed by atoms with Crippen LogP contribution in [0.15, 0.2) is 23.3 Å². The molecule has 0 spiro atoms. The first-order valence-corrected chi connectivity index (χ1v) is 15.0. The Labute approximate surface area is 219 Å². The molecule has 36 heavy (non-hydrogen) atoms. The van der Waals surface area contributed by atoms with Crippen molar-refractivity contribution in [3.05, 3.63) is 23.3 Å². The van der Waals surface area contributed by atoms with E-state index in [0.717, 1.165) is 50.0 Å². The minimum absolute atomic E-state index is 0.0348. The Kier molecular flexibility index (Phi) is 8.04. The molecule has 0 aromatic rings. The van der Waals surface area contributed by atoms with Crippen molar-refractivity contribution in [2.45, 2.75) is 123 Å². The van der Waals surface area contributed by atoms with Crippen LogP contribution < -0.4 is 0 Å². The molecule has 4 heteroatoms. The third-order valence-electron chi connectivity index (χ3n) is 11.4. The Morgan fingerprint density at radius 2 is 1.97 bits per heavy atom. The molecule has 0 radical (unpaired) electrons. The second-order valence-corrected chi connectivity index (χ2v) is 13.1. The van der Waals surface area contributed by atoms with Crippen molar-refractivity contribution >= 4 is 5.97 Å². The SMILES string of the molecule is COC(=O)CCC/C=C(\C)[C@H]1CC[C@H]2[C@@H]3CC=C4C[C@@H](OC5CCCCO5)CC[C@]4(C)[C@H]3CC[C@]12C. The third kappa shape index (κ3) is 4.98. The molecule has 5 aliphatic rings. The van der Waals surface area contributed by atoms with E-state index < -0.39 is 0 Å². The van der Waals surface area contributed by atoms with E-state index in [4.69, 9.17) is 14.2 Å². The van der Waals surface area contributed by atoms with Gasteiger partial charge >= 0.3 is 5.97 Å². The summed E-state index contributed by atoms with van der Waals surface area (Å²) in [6.07, 6.45) is 21.7. The minimum Gasteiger partial charge on any atom is -0.469 e. The molecular formula is C32H50O4. The van der Waals surface area contributed by atoms with Crippen LogP contribution in [0.4, 0.5) is 0 Å². The van der Waals surface area contributed by atoms with Crippen molar-refractivity contribution in [2.75, 3.05) is 13.7 Å². The normalized spacial score (nSPS) is 42.7. The average Bonchev–Trinajstić information content (AvgIpc) is 3.24. The maximum absolute atomic E-state index is 11.5. The summed E-state index contributed by atoms with van der Waals surface area (Å²) in [5, 5.41) is 0. The van der Waals surface area contributed by atoms with Gasteiger partial charge in [0.05, 0.1) is 13.2 Å². The number of hydrogen-bond donors (Lipinski definition) is 0. The standard InChI is InChI=1S/C32H50O4/c1-22(9-5-6-10-29(33)34-4)26-14-15-27-25-13-12-23-21-24(36-30-11-7-8-20-35-30)16-18-31(23,2)28(25)17-19-32(26,27)3/h9,12,24-28,30H,5-8,10-11,13-21H2,1-4H3/b22-9+/t24-,25-,26+,27-,28-,30?,31-,32+/m0/s1.